The topological polar surface area (TPSA) is 65.3 Å². The fraction of sp³-hybridized carbons (Fsp3) is 0.385. The number of imidazole rings is 1. The summed E-state index contributed by atoms with van der Waals surface area (Å²) in [6.45, 7) is 2.60. The molecule has 1 heterocycles. The molecule has 19 heavy (non-hydrogen) atoms. The van der Waals surface area contributed by atoms with Gasteiger partial charge in [0, 0.05) is 6.54 Å². The van der Waals surface area contributed by atoms with Gasteiger partial charge in [-0.25, -0.2) is 10.3 Å². The predicted molar refractivity (Wildman–Crippen MR) is 71.6 cm³/mol. The summed E-state index contributed by atoms with van der Waals surface area (Å²) >= 11 is 0. The Hall–Kier alpha value is -2.08. The highest BCUT2D eigenvalue weighted by atomic mass is 16.6. The van der Waals surface area contributed by atoms with Crippen molar-refractivity contribution in [3.8, 4) is 0 Å². The van der Waals surface area contributed by atoms with E-state index < -0.39 is 0 Å². The molecule has 0 atom stereocenters. The van der Waals surface area contributed by atoms with Gasteiger partial charge in [-0.15, -0.1) is 0 Å². The fourth-order valence-electron chi connectivity index (χ4n) is 2.15. The number of carbonyl (C=O) groups excluding carboxylic acids is 1. The largest absolute Gasteiger partial charge is 0.329 e. The molecule has 0 fully saturated rings. The van der Waals surface area contributed by atoms with Crippen molar-refractivity contribution in [2.45, 2.75) is 26.4 Å². The highest BCUT2D eigenvalue weighted by Crippen LogP contribution is 2.12. The number of amides is 1. The van der Waals surface area contributed by atoms with E-state index in [0.717, 1.165) is 17.5 Å². The van der Waals surface area contributed by atoms with Crippen LogP contribution in [0.2, 0.25) is 0 Å². The van der Waals surface area contributed by atoms with Gasteiger partial charge in [-0.05, 0) is 18.6 Å². The molecule has 6 heteroatoms. The molecule has 0 bridgehead atoms. The van der Waals surface area contributed by atoms with Gasteiger partial charge in [0.15, 0.2) is 0 Å². The monoisotopic (exact) mass is 263 g/mol. The zero-order valence-electron chi connectivity index (χ0n) is 11.0. The van der Waals surface area contributed by atoms with Gasteiger partial charge >= 0.3 is 5.69 Å². The Morgan fingerprint density at radius 2 is 1.89 bits per heavy atom. The standard InChI is InChI=1S/C13H17N3O3/c1-3-8-15-10-6-4-5-7-11(10)16(13(15)18)9-12(17)14-19-2/h4-7H,3,8-9H2,1-2H3,(H,14,17). The minimum atomic E-state index is -0.357. The van der Waals surface area contributed by atoms with Gasteiger partial charge in [-0.2, -0.15) is 0 Å². The Morgan fingerprint density at radius 1 is 1.26 bits per heavy atom. The van der Waals surface area contributed by atoms with Gasteiger partial charge in [0.2, 0.25) is 0 Å². The predicted octanol–water partition coefficient (Wildman–Crippen LogP) is 0.891. The number of aryl methyl sites for hydroxylation is 1. The van der Waals surface area contributed by atoms with Crippen LogP contribution in [0.3, 0.4) is 0 Å². The van der Waals surface area contributed by atoms with Crippen LogP contribution in [0.1, 0.15) is 13.3 Å². The summed E-state index contributed by atoms with van der Waals surface area (Å²) in [5, 5.41) is 0. The molecule has 6 nitrogen and oxygen atoms in total. The van der Waals surface area contributed by atoms with E-state index in [4.69, 9.17) is 0 Å². The molecule has 0 aliphatic rings. The summed E-state index contributed by atoms with van der Waals surface area (Å²) in [6.07, 6.45) is 0.859. The highest BCUT2D eigenvalue weighted by Gasteiger charge is 2.14. The molecule has 1 N–H and O–H groups in total. The summed E-state index contributed by atoms with van der Waals surface area (Å²) < 4.78 is 3.15. The van der Waals surface area contributed by atoms with Crippen LogP contribution in [0, 0.1) is 0 Å². The third kappa shape index (κ3) is 2.53. The van der Waals surface area contributed by atoms with Crippen molar-refractivity contribution in [1.82, 2.24) is 14.6 Å². The van der Waals surface area contributed by atoms with E-state index in [0.29, 0.717) is 6.54 Å². The molecule has 0 saturated carbocycles. The summed E-state index contributed by atoms with van der Waals surface area (Å²) in [5.74, 6) is -0.357. The number of nitrogens with zero attached hydrogens (tertiary/aromatic N) is 2. The summed E-state index contributed by atoms with van der Waals surface area (Å²) in [5.41, 5.74) is 3.65. The lowest BCUT2D eigenvalue weighted by Crippen LogP contribution is -2.32. The molecule has 2 aromatic rings. The molecular formula is C13H17N3O3. The average Bonchev–Trinajstić information content (AvgIpc) is 2.66. The minimum Gasteiger partial charge on any atom is -0.292 e. The van der Waals surface area contributed by atoms with Crippen molar-refractivity contribution >= 4 is 16.9 Å². The Kier molecular flexibility index (Phi) is 4.01. The zero-order chi connectivity index (χ0) is 13.8. The van der Waals surface area contributed by atoms with Gasteiger partial charge in [0.1, 0.15) is 6.54 Å². The van der Waals surface area contributed by atoms with Crippen LogP contribution in [0.4, 0.5) is 0 Å². The second-order valence-corrected chi connectivity index (χ2v) is 4.24. The molecular weight excluding hydrogens is 246 g/mol. The summed E-state index contributed by atoms with van der Waals surface area (Å²) in [6, 6.07) is 7.45. The SMILES string of the molecule is CCCn1c(=O)n(CC(=O)NOC)c2ccccc21. The maximum Gasteiger partial charge on any atom is 0.329 e. The van der Waals surface area contributed by atoms with E-state index in [1.165, 1.54) is 11.7 Å². The molecule has 1 amide bonds. The van der Waals surface area contributed by atoms with Crippen molar-refractivity contribution in [2.24, 2.45) is 0 Å². The number of carbonyl (C=O) groups is 1. The lowest BCUT2D eigenvalue weighted by atomic mass is 10.3. The summed E-state index contributed by atoms with van der Waals surface area (Å²) in [7, 11) is 1.36. The smallest absolute Gasteiger partial charge is 0.292 e. The number of benzene rings is 1. The molecule has 102 valence electrons. The lowest BCUT2D eigenvalue weighted by molar-refractivity contribution is -0.131. The minimum absolute atomic E-state index is 0.0517. The average molecular weight is 263 g/mol. The van der Waals surface area contributed by atoms with Gasteiger partial charge in [-0.1, -0.05) is 19.1 Å². The molecule has 0 unspecified atom stereocenters. The Morgan fingerprint density at radius 3 is 2.47 bits per heavy atom. The first kappa shape index (κ1) is 13.4. The molecule has 0 spiro atoms. The van der Waals surface area contributed by atoms with Gasteiger partial charge < -0.3 is 0 Å². The van der Waals surface area contributed by atoms with Gasteiger partial charge in [0.05, 0.1) is 18.1 Å². The second-order valence-electron chi connectivity index (χ2n) is 4.24. The molecule has 0 saturated heterocycles. The summed E-state index contributed by atoms with van der Waals surface area (Å²) in [4.78, 5) is 28.5. The molecule has 0 radical (unpaired) electrons. The fourth-order valence-corrected chi connectivity index (χ4v) is 2.15. The molecule has 0 aliphatic carbocycles. The maximum absolute atomic E-state index is 12.3. The van der Waals surface area contributed by atoms with E-state index in [1.54, 1.807) is 4.57 Å². The Balaban J connectivity index is 2.51. The van der Waals surface area contributed by atoms with Crippen molar-refractivity contribution in [3.05, 3.63) is 34.7 Å². The Labute approximate surface area is 110 Å². The first-order chi connectivity index (χ1) is 9.19. The number of aromatic nitrogens is 2. The molecule has 0 aliphatic heterocycles. The number of nitrogens with one attached hydrogen (secondary N) is 1. The normalized spacial score (nSPS) is 10.8. The van der Waals surface area contributed by atoms with Gasteiger partial charge in [0.25, 0.3) is 5.91 Å². The van der Waals surface area contributed by atoms with Crippen molar-refractivity contribution < 1.29 is 9.63 Å². The van der Waals surface area contributed by atoms with Crippen LogP contribution >= 0.6 is 0 Å². The van der Waals surface area contributed by atoms with Crippen LogP contribution in [-0.4, -0.2) is 22.2 Å². The van der Waals surface area contributed by atoms with Crippen molar-refractivity contribution in [2.75, 3.05) is 7.11 Å². The third-order valence-corrected chi connectivity index (χ3v) is 2.89. The molecule has 2 rings (SSSR count). The van der Waals surface area contributed by atoms with E-state index in [9.17, 15) is 9.59 Å². The number of rotatable bonds is 5. The van der Waals surface area contributed by atoms with Crippen LogP contribution in [0.25, 0.3) is 11.0 Å². The van der Waals surface area contributed by atoms with E-state index in [1.807, 2.05) is 31.2 Å². The third-order valence-electron chi connectivity index (χ3n) is 2.89. The van der Waals surface area contributed by atoms with Crippen LogP contribution in [0.15, 0.2) is 29.1 Å². The number of hydroxylamine groups is 1. The highest BCUT2D eigenvalue weighted by molar-refractivity contribution is 5.80. The lowest BCUT2D eigenvalue weighted by Gasteiger charge is -2.03. The first-order valence-corrected chi connectivity index (χ1v) is 6.19. The number of hydrogen-bond donors (Lipinski definition) is 1. The van der Waals surface area contributed by atoms with E-state index in [2.05, 4.69) is 10.3 Å². The number of hydrogen-bond acceptors (Lipinski definition) is 3. The van der Waals surface area contributed by atoms with E-state index in [-0.39, 0.29) is 18.1 Å². The number of fused-ring (bicyclic) bond motifs is 1. The zero-order valence-corrected chi connectivity index (χ0v) is 11.0. The Bertz CT molecular complexity index is 642. The van der Waals surface area contributed by atoms with Crippen LogP contribution < -0.4 is 11.2 Å². The molecule has 1 aromatic carbocycles. The van der Waals surface area contributed by atoms with E-state index >= 15 is 0 Å². The van der Waals surface area contributed by atoms with Crippen molar-refractivity contribution in [1.29, 1.82) is 0 Å². The first-order valence-electron chi connectivity index (χ1n) is 6.19. The van der Waals surface area contributed by atoms with Crippen LogP contribution in [-0.2, 0) is 22.7 Å². The quantitative estimate of drug-likeness (QED) is 0.815. The maximum atomic E-state index is 12.3. The van der Waals surface area contributed by atoms with Crippen LogP contribution in [0.5, 0.6) is 0 Å². The molecule has 1 aromatic heterocycles. The van der Waals surface area contributed by atoms with Crippen molar-refractivity contribution in [3.63, 3.8) is 0 Å². The second kappa shape index (κ2) is 5.71. The van der Waals surface area contributed by atoms with Gasteiger partial charge in [-0.3, -0.25) is 18.8 Å². The number of para-hydroxylation sites is 2.